The molecule has 1 N–H and O–H groups in total. The minimum Gasteiger partial charge on any atom is -0.316 e. The van der Waals surface area contributed by atoms with Crippen LogP contribution in [0.5, 0.6) is 0 Å². The number of benzene rings is 1. The average Bonchev–Trinajstić information content (AvgIpc) is 2.38. The average molecular weight is 282 g/mol. The SMILES string of the molecule is CN[C@H]1CCCN(S(=O)(=O)c2ccc(C)cc2C)C1. The summed E-state index contributed by atoms with van der Waals surface area (Å²) in [5.41, 5.74) is 1.91. The molecule has 0 unspecified atom stereocenters. The first-order chi connectivity index (χ1) is 8.95. The molecule has 1 saturated heterocycles. The maximum Gasteiger partial charge on any atom is 0.243 e. The van der Waals surface area contributed by atoms with Crippen LogP contribution in [0.3, 0.4) is 0 Å². The van der Waals surface area contributed by atoms with Crippen molar-refractivity contribution in [2.75, 3.05) is 20.1 Å². The Labute approximate surface area is 115 Å². The second-order valence-electron chi connectivity index (χ2n) is 5.26. The van der Waals surface area contributed by atoms with Gasteiger partial charge in [0, 0.05) is 19.1 Å². The van der Waals surface area contributed by atoms with E-state index in [9.17, 15) is 8.42 Å². The fourth-order valence-corrected chi connectivity index (χ4v) is 4.35. The Morgan fingerprint density at radius 1 is 1.32 bits per heavy atom. The number of nitrogens with zero attached hydrogens (tertiary/aromatic N) is 1. The predicted octanol–water partition coefficient (Wildman–Crippen LogP) is 1.68. The van der Waals surface area contributed by atoms with Crippen molar-refractivity contribution in [3.05, 3.63) is 29.3 Å². The molecule has 0 bridgehead atoms. The van der Waals surface area contributed by atoms with Gasteiger partial charge in [0.15, 0.2) is 0 Å². The standard InChI is InChI=1S/C14H22N2O2S/c1-11-6-7-14(12(2)9-11)19(17,18)16-8-4-5-13(10-16)15-3/h6-7,9,13,15H,4-5,8,10H2,1-3H3/t13-/m0/s1. The number of piperidine rings is 1. The van der Waals surface area contributed by atoms with E-state index in [2.05, 4.69) is 5.32 Å². The maximum atomic E-state index is 12.7. The zero-order valence-electron chi connectivity index (χ0n) is 11.8. The highest BCUT2D eigenvalue weighted by molar-refractivity contribution is 7.89. The van der Waals surface area contributed by atoms with Gasteiger partial charge in [-0.3, -0.25) is 0 Å². The summed E-state index contributed by atoms with van der Waals surface area (Å²) in [6.45, 7) is 5.01. The minimum atomic E-state index is -3.36. The summed E-state index contributed by atoms with van der Waals surface area (Å²) in [5.74, 6) is 0. The fraction of sp³-hybridized carbons (Fsp3) is 0.571. The van der Waals surface area contributed by atoms with E-state index in [0.717, 1.165) is 24.0 Å². The highest BCUT2D eigenvalue weighted by Crippen LogP contribution is 2.23. The lowest BCUT2D eigenvalue weighted by Crippen LogP contribution is -2.46. The van der Waals surface area contributed by atoms with Crippen LogP contribution in [-0.4, -0.2) is 38.9 Å². The largest absolute Gasteiger partial charge is 0.316 e. The fourth-order valence-electron chi connectivity index (χ4n) is 2.62. The number of aryl methyl sites for hydroxylation is 2. The second-order valence-corrected chi connectivity index (χ2v) is 7.17. The molecule has 19 heavy (non-hydrogen) atoms. The molecular weight excluding hydrogens is 260 g/mol. The van der Waals surface area contributed by atoms with Gasteiger partial charge in [-0.05, 0) is 45.4 Å². The highest BCUT2D eigenvalue weighted by Gasteiger charge is 2.30. The zero-order valence-corrected chi connectivity index (χ0v) is 12.6. The van der Waals surface area contributed by atoms with Crippen LogP contribution in [0, 0.1) is 13.8 Å². The molecule has 0 aromatic heterocycles. The molecule has 1 aromatic carbocycles. The first kappa shape index (κ1) is 14.5. The van der Waals surface area contributed by atoms with Crippen molar-refractivity contribution in [2.24, 2.45) is 0 Å². The summed E-state index contributed by atoms with van der Waals surface area (Å²) in [7, 11) is -1.47. The van der Waals surface area contributed by atoms with Crippen LogP contribution in [0.15, 0.2) is 23.1 Å². The van der Waals surface area contributed by atoms with E-state index in [1.165, 1.54) is 0 Å². The number of sulfonamides is 1. The summed E-state index contributed by atoms with van der Waals surface area (Å²) < 4.78 is 27.0. The van der Waals surface area contributed by atoms with Crippen molar-refractivity contribution >= 4 is 10.0 Å². The van der Waals surface area contributed by atoms with Gasteiger partial charge in [-0.25, -0.2) is 8.42 Å². The van der Waals surface area contributed by atoms with E-state index in [-0.39, 0.29) is 6.04 Å². The lowest BCUT2D eigenvalue weighted by atomic mass is 10.1. The maximum absolute atomic E-state index is 12.7. The predicted molar refractivity (Wildman–Crippen MR) is 76.8 cm³/mol. The molecule has 0 amide bonds. The van der Waals surface area contributed by atoms with Crippen LogP contribution in [0.2, 0.25) is 0 Å². The van der Waals surface area contributed by atoms with Gasteiger partial charge in [0.1, 0.15) is 0 Å². The van der Waals surface area contributed by atoms with Crippen molar-refractivity contribution in [1.29, 1.82) is 0 Å². The van der Waals surface area contributed by atoms with Gasteiger partial charge in [-0.15, -0.1) is 0 Å². The number of hydrogen-bond acceptors (Lipinski definition) is 3. The van der Waals surface area contributed by atoms with Crippen LogP contribution < -0.4 is 5.32 Å². The molecule has 0 saturated carbocycles. The lowest BCUT2D eigenvalue weighted by molar-refractivity contribution is 0.292. The lowest BCUT2D eigenvalue weighted by Gasteiger charge is -2.32. The molecule has 4 nitrogen and oxygen atoms in total. The normalized spacial score (nSPS) is 21.5. The topological polar surface area (TPSA) is 49.4 Å². The Hall–Kier alpha value is -0.910. The highest BCUT2D eigenvalue weighted by atomic mass is 32.2. The second kappa shape index (κ2) is 5.61. The summed E-state index contributed by atoms with van der Waals surface area (Å²) in [6, 6.07) is 5.77. The Balaban J connectivity index is 2.31. The van der Waals surface area contributed by atoms with Crippen LogP contribution in [-0.2, 0) is 10.0 Å². The van der Waals surface area contributed by atoms with E-state index in [1.54, 1.807) is 10.4 Å². The van der Waals surface area contributed by atoms with Crippen LogP contribution >= 0.6 is 0 Å². The molecule has 0 radical (unpaired) electrons. The van der Waals surface area contributed by atoms with Gasteiger partial charge < -0.3 is 5.32 Å². The number of nitrogens with one attached hydrogen (secondary N) is 1. The molecule has 2 rings (SSSR count). The van der Waals surface area contributed by atoms with Crippen molar-refractivity contribution < 1.29 is 8.42 Å². The molecule has 1 aliphatic rings. The minimum absolute atomic E-state index is 0.259. The van der Waals surface area contributed by atoms with Crippen molar-refractivity contribution in [2.45, 2.75) is 37.6 Å². The van der Waals surface area contributed by atoms with Crippen molar-refractivity contribution in [3.8, 4) is 0 Å². The number of rotatable bonds is 3. The van der Waals surface area contributed by atoms with Crippen molar-refractivity contribution in [1.82, 2.24) is 9.62 Å². The van der Waals surface area contributed by atoms with Gasteiger partial charge in [0.25, 0.3) is 0 Å². The summed E-state index contributed by atoms with van der Waals surface area (Å²) >= 11 is 0. The van der Waals surface area contributed by atoms with Gasteiger partial charge in [-0.1, -0.05) is 17.7 Å². The molecule has 0 spiro atoms. The van der Waals surface area contributed by atoms with Crippen LogP contribution in [0.4, 0.5) is 0 Å². The molecule has 1 aromatic rings. The van der Waals surface area contributed by atoms with Gasteiger partial charge in [0.2, 0.25) is 10.0 Å². The van der Waals surface area contributed by atoms with Crippen LogP contribution in [0.1, 0.15) is 24.0 Å². The molecule has 1 heterocycles. The van der Waals surface area contributed by atoms with E-state index < -0.39 is 10.0 Å². The third-order valence-electron chi connectivity index (χ3n) is 3.74. The Morgan fingerprint density at radius 2 is 2.05 bits per heavy atom. The molecular formula is C14H22N2O2S. The quantitative estimate of drug-likeness (QED) is 0.917. The summed E-state index contributed by atoms with van der Waals surface area (Å²) in [4.78, 5) is 0.440. The van der Waals surface area contributed by atoms with Crippen molar-refractivity contribution in [3.63, 3.8) is 0 Å². The van der Waals surface area contributed by atoms with Crippen LogP contribution in [0.25, 0.3) is 0 Å². The number of hydrogen-bond donors (Lipinski definition) is 1. The number of likely N-dealkylation sites (N-methyl/N-ethyl adjacent to an activating group) is 1. The van der Waals surface area contributed by atoms with Gasteiger partial charge in [-0.2, -0.15) is 4.31 Å². The molecule has 1 atom stereocenters. The third kappa shape index (κ3) is 2.99. The molecule has 1 aliphatic heterocycles. The smallest absolute Gasteiger partial charge is 0.243 e. The van der Waals surface area contributed by atoms with Gasteiger partial charge >= 0.3 is 0 Å². The Morgan fingerprint density at radius 3 is 2.68 bits per heavy atom. The van der Waals surface area contributed by atoms with E-state index >= 15 is 0 Å². The monoisotopic (exact) mass is 282 g/mol. The first-order valence-corrected chi connectivity index (χ1v) is 8.14. The Bertz CT molecular complexity index is 555. The van der Waals surface area contributed by atoms with E-state index in [4.69, 9.17) is 0 Å². The molecule has 0 aliphatic carbocycles. The first-order valence-electron chi connectivity index (χ1n) is 6.70. The summed E-state index contributed by atoms with van der Waals surface area (Å²) in [6.07, 6.45) is 1.95. The summed E-state index contributed by atoms with van der Waals surface area (Å²) in [5, 5.41) is 3.18. The zero-order chi connectivity index (χ0) is 14.0. The Kier molecular flexibility index (Phi) is 4.28. The van der Waals surface area contributed by atoms with Gasteiger partial charge in [0.05, 0.1) is 4.90 Å². The molecule has 5 heteroatoms. The molecule has 106 valence electrons. The molecule has 1 fully saturated rings. The van der Waals surface area contributed by atoms with E-state index in [1.807, 2.05) is 33.0 Å². The third-order valence-corrected chi connectivity index (χ3v) is 5.77. The van der Waals surface area contributed by atoms with E-state index in [0.29, 0.717) is 18.0 Å².